The number of fused-ring (bicyclic) bond motifs is 2. The minimum absolute atomic E-state index is 0.161. The number of halogens is 1. The minimum atomic E-state index is -3.84. The largest absolute Gasteiger partial charge is 0.369 e. The number of anilines is 1. The fraction of sp³-hybridized carbons (Fsp3) is 0.200. The van der Waals surface area contributed by atoms with Crippen molar-refractivity contribution in [2.45, 2.75) is 23.5 Å². The van der Waals surface area contributed by atoms with Gasteiger partial charge in [0.25, 0.3) is 10.0 Å². The number of hydrogen-bond donors (Lipinski definition) is 3. The highest BCUT2D eigenvalue weighted by atomic mass is 35.5. The van der Waals surface area contributed by atoms with Gasteiger partial charge in [-0.25, -0.2) is 8.42 Å². The predicted octanol–water partition coefficient (Wildman–Crippen LogP) is 2.10. The van der Waals surface area contributed by atoms with Crippen LogP contribution >= 0.6 is 11.6 Å². The normalized spacial score (nSPS) is 20.8. The van der Waals surface area contributed by atoms with Gasteiger partial charge in [0.1, 0.15) is 6.17 Å². The van der Waals surface area contributed by atoms with Gasteiger partial charge in [-0.1, -0.05) is 29.8 Å². The van der Waals surface area contributed by atoms with E-state index in [4.69, 9.17) is 23.1 Å². The van der Waals surface area contributed by atoms with Crippen molar-refractivity contribution < 1.29 is 8.42 Å². The summed E-state index contributed by atoms with van der Waals surface area (Å²) < 4.78 is 28.5. The highest BCUT2D eigenvalue weighted by Crippen LogP contribution is 2.37. The second-order valence-electron chi connectivity index (χ2n) is 7.47. The Morgan fingerprint density at radius 3 is 2.65 bits per heavy atom. The third-order valence-corrected chi connectivity index (χ3v) is 7.69. The Bertz CT molecular complexity index is 1270. The van der Waals surface area contributed by atoms with E-state index < -0.39 is 16.2 Å². The first-order chi connectivity index (χ1) is 14.9. The standard InChI is InChI=1S/C20H20ClN7O2S/c21-13-5-7-15(8-6-13)31(29,30)27-11-14(9-12-3-1-2-4-17(12)27)28-18(22)16-10-24-26-19(16)25-20(28)23/h1-8,10,14,18H,9,11,22H2,(H3,23,24,25,26). The molecule has 11 heteroatoms. The number of nitrogens with one attached hydrogen (secondary N) is 1. The van der Waals surface area contributed by atoms with Crippen molar-refractivity contribution in [2.75, 3.05) is 10.8 Å². The second-order valence-corrected chi connectivity index (χ2v) is 9.77. The topological polar surface area (TPSA) is 134 Å². The minimum Gasteiger partial charge on any atom is -0.369 e. The van der Waals surface area contributed by atoms with Crippen LogP contribution in [0.2, 0.25) is 5.02 Å². The number of aliphatic imine (C=N–C) groups is 1. The zero-order valence-electron chi connectivity index (χ0n) is 16.3. The SMILES string of the molecule is NC1=Nc2[nH]ncc2C(N)N1C1Cc2ccccc2N(S(=O)(=O)c2ccc(Cl)cc2)C1. The second kappa shape index (κ2) is 7.26. The maximum atomic E-state index is 13.6. The van der Waals surface area contributed by atoms with E-state index in [-0.39, 0.29) is 23.4 Å². The summed E-state index contributed by atoms with van der Waals surface area (Å²) in [5, 5.41) is 7.24. The third kappa shape index (κ3) is 3.23. The lowest BCUT2D eigenvalue weighted by Gasteiger charge is -2.44. The summed E-state index contributed by atoms with van der Waals surface area (Å²) in [7, 11) is -3.84. The van der Waals surface area contributed by atoms with Gasteiger partial charge in [0.15, 0.2) is 11.8 Å². The molecule has 2 aliphatic rings. The molecular formula is C20H20ClN7O2S. The van der Waals surface area contributed by atoms with E-state index in [1.165, 1.54) is 16.4 Å². The van der Waals surface area contributed by atoms with Gasteiger partial charge in [-0.05, 0) is 42.3 Å². The van der Waals surface area contributed by atoms with Gasteiger partial charge in [-0.3, -0.25) is 9.40 Å². The molecule has 3 heterocycles. The summed E-state index contributed by atoms with van der Waals surface area (Å²) in [5.41, 5.74) is 15.0. The number of nitrogens with zero attached hydrogens (tertiary/aromatic N) is 4. The van der Waals surface area contributed by atoms with Crippen LogP contribution in [0, 0.1) is 0 Å². The van der Waals surface area contributed by atoms with E-state index in [0.29, 0.717) is 28.5 Å². The van der Waals surface area contributed by atoms with E-state index in [0.717, 1.165) is 5.56 Å². The van der Waals surface area contributed by atoms with Gasteiger partial charge in [0.2, 0.25) is 0 Å². The number of para-hydroxylation sites is 1. The molecule has 2 atom stereocenters. The number of nitrogens with two attached hydrogens (primary N) is 2. The molecule has 2 aromatic carbocycles. The number of H-pyrrole nitrogens is 1. The van der Waals surface area contributed by atoms with Crippen LogP contribution in [0.4, 0.5) is 11.5 Å². The number of rotatable bonds is 3. The van der Waals surface area contributed by atoms with Crippen LogP contribution in [0.5, 0.6) is 0 Å². The number of aromatic nitrogens is 2. The molecule has 0 saturated carbocycles. The molecule has 0 radical (unpaired) electrons. The van der Waals surface area contributed by atoms with Gasteiger partial charge in [0.05, 0.1) is 34.9 Å². The van der Waals surface area contributed by atoms with E-state index in [9.17, 15) is 8.42 Å². The first kappa shape index (κ1) is 19.9. The molecule has 2 aliphatic heterocycles. The quantitative estimate of drug-likeness (QED) is 0.551. The van der Waals surface area contributed by atoms with E-state index in [1.807, 2.05) is 18.2 Å². The molecule has 0 aliphatic carbocycles. The molecule has 0 spiro atoms. The van der Waals surface area contributed by atoms with Crippen molar-refractivity contribution in [3.8, 4) is 0 Å². The number of hydrogen-bond acceptors (Lipinski definition) is 7. The maximum absolute atomic E-state index is 13.6. The molecule has 0 amide bonds. The highest BCUT2D eigenvalue weighted by molar-refractivity contribution is 7.92. The summed E-state index contributed by atoms with van der Waals surface area (Å²) >= 11 is 5.95. The van der Waals surface area contributed by atoms with Gasteiger partial charge >= 0.3 is 0 Å². The van der Waals surface area contributed by atoms with Crippen LogP contribution in [-0.4, -0.2) is 42.1 Å². The molecule has 9 nitrogen and oxygen atoms in total. The number of aromatic amines is 1. The summed E-state index contributed by atoms with van der Waals surface area (Å²) in [6, 6.07) is 13.2. The first-order valence-electron chi connectivity index (χ1n) is 9.64. The Balaban J connectivity index is 1.57. The average molecular weight is 458 g/mol. The summed E-state index contributed by atoms with van der Waals surface area (Å²) in [6.45, 7) is 0.166. The molecule has 1 aromatic heterocycles. The fourth-order valence-electron chi connectivity index (χ4n) is 4.16. The maximum Gasteiger partial charge on any atom is 0.264 e. The zero-order valence-corrected chi connectivity index (χ0v) is 17.9. The summed E-state index contributed by atoms with van der Waals surface area (Å²) in [5.74, 6) is 0.737. The van der Waals surface area contributed by atoms with Gasteiger partial charge in [-0.2, -0.15) is 10.1 Å². The fourth-order valence-corrected chi connectivity index (χ4v) is 5.82. The number of sulfonamides is 1. The van der Waals surface area contributed by atoms with Crippen molar-refractivity contribution in [2.24, 2.45) is 16.5 Å². The van der Waals surface area contributed by atoms with Crippen molar-refractivity contribution in [3.05, 3.63) is 70.9 Å². The van der Waals surface area contributed by atoms with Crippen molar-refractivity contribution in [1.29, 1.82) is 0 Å². The average Bonchev–Trinajstić information content (AvgIpc) is 3.22. The third-order valence-electron chi connectivity index (χ3n) is 5.64. The Labute approximate surface area is 184 Å². The Kier molecular flexibility index (Phi) is 4.65. The lowest BCUT2D eigenvalue weighted by Crippen LogP contribution is -2.57. The molecule has 5 rings (SSSR count). The monoisotopic (exact) mass is 457 g/mol. The number of guanidine groups is 1. The Morgan fingerprint density at radius 1 is 1.13 bits per heavy atom. The molecule has 3 aromatic rings. The zero-order chi connectivity index (χ0) is 21.8. The van der Waals surface area contributed by atoms with Gasteiger partial charge in [0, 0.05) is 5.02 Å². The van der Waals surface area contributed by atoms with E-state index in [2.05, 4.69) is 15.2 Å². The lowest BCUT2D eigenvalue weighted by molar-refractivity contribution is 0.233. The van der Waals surface area contributed by atoms with Crippen LogP contribution in [0.3, 0.4) is 0 Å². The molecular weight excluding hydrogens is 438 g/mol. The molecule has 0 fully saturated rings. The van der Waals surface area contributed by atoms with Crippen LogP contribution in [-0.2, 0) is 16.4 Å². The smallest absolute Gasteiger partial charge is 0.264 e. The first-order valence-corrected chi connectivity index (χ1v) is 11.5. The molecule has 31 heavy (non-hydrogen) atoms. The molecule has 2 unspecified atom stereocenters. The molecule has 5 N–H and O–H groups in total. The molecule has 0 bridgehead atoms. The summed E-state index contributed by atoms with van der Waals surface area (Å²) in [6.07, 6.45) is 1.59. The lowest BCUT2D eigenvalue weighted by atomic mass is 9.97. The number of benzene rings is 2. The van der Waals surface area contributed by atoms with Crippen LogP contribution in [0.25, 0.3) is 0 Å². The van der Waals surface area contributed by atoms with Crippen molar-refractivity contribution in [1.82, 2.24) is 15.1 Å². The highest BCUT2D eigenvalue weighted by Gasteiger charge is 2.40. The Hall–Kier alpha value is -3.08. The molecule has 0 saturated heterocycles. The van der Waals surface area contributed by atoms with E-state index >= 15 is 0 Å². The van der Waals surface area contributed by atoms with Gasteiger partial charge in [-0.15, -0.1) is 0 Å². The predicted molar refractivity (Wildman–Crippen MR) is 119 cm³/mol. The van der Waals surface area contributed by atoms with Crippen LogP contribution in [0.15, 0.2) is 64.6 Å². The van der Waals surface area contributed by atoms with Crippen molar-refractivity contribution in [3.63, 3.8) is 0 Å². The van der Waals surface area contributed by atoms with E-state index in [1.54, 1.807) is 29.3 Å². The Morgan fingerprint density at radius 2 is 1.87 bits per heavy atom. The summed E-state index contributed by atoms with van der Waals surface area (Å²) in [4.78, 5) is 6.29. The van der Waals surface area contributed by atoms with Crippen LogP contribution < -0.4 is 15.8 Å². The van der Waals surface area contributed by atoms with Gasteiger partial charge < -0.3 is 16.4 Å². The van der Waals surface area contributed by atoms with Crippen molar-refractivity contribution >= 4 is 39.1 Å². The van der Waals surface area contributed by atoms with Crippen LogP contribution in [0.1, 0.15) is 17.3 Å². The molecule has 160 valence electrons.